The normalized spacial score (nSPS) is 12.8. The number of carbonyl (C=O) groups is 1. The van der Waals surface area contributed by atoms with Gasteiger partial charge in [0, 0.05) is 38.9 Å². The molecule has 0 radical (unpaired) electrons. The second-order valence-electron chi connectivity index (χ2n) is 5.04. The number of methoxy groups -OCH3 is 1. The van der Waals surface area contributed by atoms with E-state index in [-0.39, 0.29) is 11.9 Å². The van der Waals surface area contributed by atoms with Crippen LogP contribution >= 0.6 is 0 Å². The summed E-state index contributed by atoms with van der Waals surface area (Å²) in [4.78, 5) is 16.0. The first kappa shape index (κ1) is 18.0. The van der Waals surface area contributed by atoms with Gasteiger partial charge in [0.25, 0.3) is 5.91 Å². The van der Waals surface area contributed by atoms with Crippen molar-refractivity contribution in [1.82, 2.24) is 16.0 Å². The van der Waals surface area contributed by atoms with Gasteiger partial charge in [-0.2, -0.15) is 0 Å². The van der Waals surface area contributed by atoms with Crippen molar-refractivity contribution in [3.8, 4) is 0 Å². The first-order valence-corrected chi connectivity index (χ1v) is 7.37. The molecule has 0 saturated carbocycles. The molecule has 22 heavy (non-hydrogen) atoms. The van der Waals surface area contributed by atoms with Gasteiger partial charge in [0.05, 0.1) is 12.9 Å². The first-order valence-electron chi connectivity index (χ1n) is 7.37. The third-order valence-corrected chi connectivity index (χ3v) is 3.02. The first-order chi connectivity index (χ1) is 10.6. The molecule has 0 aromatic carbocycles. The number of hydrogen-bond acceptors (Lipinski definition) is 4. The molecule has 0 aliphatic heterocycles. The lowest BCUT2D eigenvalue weighted by Crippen LogP contribution is -2.44. The van der Waals surface area contributed by atoms with E-state index in [2.05, 4.69) is 20.9 Å². The molecule has 1 rings (SSSR count). The van der Waals surface area contributed by atoms with Gasteiger partial charge in [-0.1, -0.05) is 0 Å². The van der Waals surface area contributed by atoms with Crippen molar-refractivity contribution >= 4 is 11.9 Å². The molecule has 0 aliphatic rings. The monoisotopic (exact) mass is 310 g/mol. The second kappa shape index (κ2) is 9.83. The minimum atomic E-state index is -0.182. The van der Waals surface area contributed by atoms with Gasteiger partial charge in [-0.25, -0.2) is 0 Å². The Labute approximate surface area is 131 Å². The summed E-state index contributed by atoms with van der Waals surface area (Å²) in [6.07, 6.45) is 2.30. The van der Waals surface area contributed by atoms with Gasteiger partial charge < -0.3 is 25.1 Å². The Morgan fingerprint density at radius 1 is 1.41 bits per heavy atom. The van der Waals surface area contributed by atoms with Crippen LogP contribution < -0.4 is 16.0 Å². The minimum absolute atomic E-state index is 0.179. The van der Waals surface area contributed by atoms with E-state index in [9.17, 15) is 4.79 Å². The van der Waals surface area contributed by atoms with Crippen LogP contribution in [0.15, 0.2) is 21.7 Å². The summed E-state index contributed by atoms with van der Waals surface area (Å²) in [5.41, 5.74) is 0.840. The molecule has 1 amide bonds. The molecular formula is C15H26N4O3. The average Bonchev–Trinajstić information content (AvgIpc) is 2.92. The molecule has 0 fully saturated rings. The van der Waals surface area contributed by atoms with Gasteiger partial charge in [0.1, 0.15) is 0 Å². The summed E-state index contributed by atoms with van der Waals surface area (Å²) in [7, 11) is 3.38. The molecule has 1 unspecified atom stereocenters. The fraction of sp³-hybridized carbons (Fsp3) is 0.600. The van der Waals surface area contributed by atoms with Gasteiger partial charge in [-0.05, 0) is 26.3 Å². The van der Waals surface area contributed by atoms with Crippen molar-refractivity contribution in [2.45, 2.75) is 26.3 Å². The Bertz CT molecular complexity index is 485. The van der Waals surface area contributed by atoms with Gasteiger partial charge in [0.15, 0.2) is 11.7 Å². The molecule has 1 heterocycles. The topological polar surface area (TPSA) is 87.9 Å². The summed E-state index contributed by atoms with van der Waals surface area (Å²) in [6.45, 7) is 5.74. The van der Waals surface area contributed by atoms with E-state index in [1.54, 1.807) is 20.2 Å². The van der Waals surface area contributed by atoms with Crippen molar-refractivity contribution in [3.63, 3.8) is 0 Å². The number of aryl methyl sites for hydroxylation is 1. The highest BCUT2D eigenvalue weighted by molar-refractivity contribution is 5.92. The zero-order chi connectivity index (χ0) is 16.4. The molecule has 7 nitrogen and oxygen atoms in total. The predicted octanol–water partition coefficient (Wildman–Crippen LogP) is 0.908. The highest BCUT2D eigenvalue weighted by atomic mass is 16.5. The highest BCUT2D eigenvalue weighted by Gasteiger charge is 2.11. The Kier molecular flexibility index (Phi) is 8.06. The van der Waals surface area contributed by atoms with Crippen molar-refractivity contribution in [2.75, 3.05) is 33.9 Å². The predicted molar refractivity (Wildman–Crippen MR) is 86.2 cm³/mol. The minimum Gasteiger partial charge on any atom is -0.459 e. The molecule has 1 aromatic heterocycles. The second-order valence-corrected chi connectivity index (χ2v) is 5.04. The van der Waals surface area contributed by atoms with Crippen LogP contribution in [-0.2, 0) is 4.74 Å². The zero-order valence-corrected chi connectivity index (χ0v) is 13.7. The number of aliphatic imine (C=N–C) groups is 1. The molecule has 3 N–H and O–H groups in total. The van der Waals surface area contributed by atoms with Crippen molar-refractivity contribution < 1.29 is 13.9 Å². The van der Waals surface area contributed by atoms with Gasteiger partial charge in [0.2, 0.25) is 0 Å². The van der Waals surface area contributed by atoms with E-state index in [0.29, 0.717) is 25.5 Å². The smallest absolute Gasteiger partial charge is 0.287 e. The van der Waals surface area contributed by atoms with Crippen LogP contribution in [0.25, 0.3) is 0 Å². The molecule has 1 atom stereocenters. The molecule has 0 saturated heterocycles. The van der Waals surface area contributed by atoms with Gasteiger partial charge in [-0.3, -0.25) is 9.79 Å². The fourth-order valence-corrected chi connectivity index (χ4v) is 1.90. The van der Waals surface area contributed by atoms with Crippen LogP contribution in [0.2, 0.25) is 0 Å². The lowest BCUT2D eigenvalue weighted by atomic mass is 10.2. The van der Waals surface area contributed by atoms with Crippen LogP contribution in [0.1, 0.15) is 29.5 Å². The Balaban J connectivity index is 2.19. The van der Waals surface area contributed by atoms with Crippen molar-refractivity contribution in [2.24, 2.45) is 4.99 Å². The third kappa shape index (κ3) is 6.17. The van der Waals surface area contributed by atoms with Crippen LogP contribution in [0.5, 0.6) is 0 Å². The number of carbonyl (C=O) groups excluding carboxylic acids is 1. The number of hydrogen-bond donors (Lipinski definition) is 3. The van der Waals surface area contributed by atoms with Crippen LogP contribution in [0.4, 0.5) is 0 Å². The number of guanidine groups is 1. The summed E-state index contributed by atoms with van der Waals surface area (Å²) < 4.78 is 10.2. The highest BCUT2D eigenvalue weighted by Crippen LogP contribution is 2.07. The van der Waals surface area contributed by atoms with Gasteiger partial charge >= 0.3 is 0 Å². The van der Waals surface area contributed by atoms with E-state index in [1.807, 2.05) is 13.8 Å². The number of nitrogens with zero attached hydrogens (tertiary/aromatic N) is 1. The standard InChI is InChI=1S/C15H26N4O3/c1-11-6-9-22-13(11)14(20)17-7-5-8-18-15(16-3)19-12(2)10-21-4/h6,9,12H,5,7-8,10H2,1-4H3,(H,17,20)(H2,16,18,19). The Morgan fingerprint density at radius 3 is 2.73 bits per heavy atom. The summed E-state index contributed by atoms with van der Waals surface area (Å²) in [5, 5.41) is 9.22. The Morgan fingerprint density at radius 2 is 2.14 bits per heavy atom. The SMILES string of the molecule is CN=C(NCCCNC(=O)c1occc1C)NC(C)COC. The number of furan rings is 1. The number of nitrogens with one attached hydrogen (secondary N) is 3. The quantitative estimate of drug-likeness (QED) is 0.377. The number of rotatable bonds is 8. The average molecular weight is 310 g/mol. The third-order valence-electron chi connectivity index (χ3n) is 3.02. The molecule has 0 aliphatic carbocycles. The Hall–Kier alpha value is -2.02. The van der Waals surface area contributed by atoms with Crippen molar-refractivity contribution in [3.05, 3.63) is 23.7 Å². The molecule has 0 bridgehead atoms. The van der Waals surface area contributed by atoms with Crippen molar-refractivity contribution in [1.29, 1.82) is 0 Å². The zero-order valence-electron chi connectivity index (χ0n) is 13.7. The summed E-state index contributed by atoms with van der Waals surface area (Å²) in [5.74, 6) is 0.912. The molecule has 1 aromatic rings. The van der Waals surface area contributed by atoms with Crippen LogP contribution in [0, 0.1) is 6.92 Å². The number of ether oxygens (including phenoxy) is 1. The summed E-state index contributed by atoms with van der Waals surface area (Å²) >= 11 is 0. The van der Waals surface area contributed by atoms with E-state index < -0.39 is 0 Å². The lowest BCUT2D eigenvalue weighted by Gasteiger charge is -2.17. The largest absolute Gasteiger partial charge is 0.459 e. The molecule has 7 heteroatoms. The van der Waals surface area contributed by atoms with E-state index >= 15 is 0 Å². The molecule has 124 valence electrons. The maximum atomic E-state index is 11.8. The maximum Gasteiger partial charge on any atom is 0.287 e. The maximum absolute atomic E-state index is 11.8. The summed E-state index contributed by atoms with van der Waals surface area (Å²) in [6, 6.07) is 1.95. The fourth-order valence-electron chi connectivity index (χ4n) is 1.90. The lowest BCUT2D eigenvalue weighted by molar-refractivity contribution is 0.0925. The van der Waals surface area contributed by atoms with E-state index in [0.717, 1.165) is 17.9 Å². The molecular weight excluding hydrogens is 284 g/mol. The van der Waals surface area contributed by atoms with E-state index in [1.165, 1.54) is 6.26 Å². The number of amides is 1. The van der Waals surface area contributed by atoms with E-state index in [4.69, 9.17) is 9.15 Å². The van der Waals surface area contributed by atoms with Gasteiger partial charge in [-0.15, -0.1) is 0 Å². The molecule has 0 spiro atoms. The van der Waals surface area contributed by atoms with Crippen LogP contribution in [-0.4, -0.2) is 51.8 Å². The van der Waals surface area contributed by atoms with Crippen LogP contribution in [0.3, 0.4) is 0 Å².